The lowest BCUT2D eigenvalue weighted by Crippen LogP contribution is -3.12. The number of benzene rings is 2. The Morgan fingerprint density at radius 1 is 1.07 bits per heavy atom. The van der Waals surface area contributed by atoms with Crippen LogP contribution >= 0.6 is 11.3 Å². The topological polar surface area (TPSA) is 52.0 Å². The highest BCUT2D eigenvalue weighted by Gasteiger charge is 2.29. The van der Waals surface area contributed by atoms with Crippen LogP contribution in [0.15, 0.2) is 60.0 Å². The van der Waals surface area contributed by atoms with Gasteiger partial charge in [-0.2, -0.15) is 0 Å². The van der Waals surface area contributed by atoms with E-state index in [-0.39, 0.29) is 11.9 Å². The van der Waals surface area contributed by atoms with Crippen LogP contribution in [0.4, 0.5) is 0 Å². The molecule has 2 heterocycles. The van der Waals surface area contributed by atoms with Gasteiger partial charge in [-0.1, -0.05) is 30.3 Å². The second-order valence-corrected chi connectivity index (χ2v) is 8.43. The smallest absolute Gasteiger partial charge is 0.251 e. The number of nitrogens with one attached hydrogen (secondary N) is 2. The minimum atomic E-state index is -0.102. The summed E-state index contributed by atoms with van der Waals surface area (Å²) in [5.74, 6) is 1.06. The van der Waals surface area contributed by atoms with E-state index in [1.165, 1.54) is 20.9 Å². The number of ether oxygens (including phenoxy) is 2. The monoisotopic (exact) mass is 423 g/mol. The van der Waals surface area contributed by atoms with Gasteiger partial charge in [-0.05, 0) is 35.2 Å². The molecule has 0 radical (unpaired) electrons. The summed E-state index contributed by atoms with van der Waals surface area (Å²) >= 11 is 1.76. The van der Waals surface area contributed by atoms with Crippen molar-refractivity contribution in [3.05, 3.63) is 81.5 Å². The van der Waals surface area contributed by atoms with E-state index in [1.54, 1.807) is 43.8 Å². The van der Waals surface area contributed by atoms with Gasteiger partial charge in [0.1, 0.15) is 12.6 Å². The van der Waals surface area contributed by atoms with Crippen molar-refractivity contribution in [1.29, 1.82) is 0 Å². The third-order valence-electron chi connectivity index (χ3n) is 5.74. The largest absolute Gasteiger partial charge is 0.493 e. The van der Waals surface area contributed by atoms with Crippen LogP contribution in [-0.2, 0) is 13.0 Å². The Morgan fingerprint density at radius 2 is 1.87 bits per heavy atom. The number of carbonyl (C=O) groups is 1. The molecule has 156 valence electrons. The molecule has 2 N–H and O–H groups in total. The molecule has 1 unspecified atom stereocenters. The van der Waals surface area contributed by atoms with Gasteiger partial charge in [0, 0.05) is 17.5 Å². The van der Waals surface area contributed by atoms with Crippen molar-refractivity contribution in [2.45, 2.75) is 19.0 Å². The fourth-order valence-corrected chi connectivity index (χ4v) is 5.00. The van der Waals surface area contributed by atoms with E-state index in [1.807, 2.05) is 0 Å². The number of thiophene rings is 1. The van der Waals surface area contributed by atoms with Crippen molar-refractivity contribution in [3.63, 3.8) is 0 Å². The summed E-state index contributed by atoms with van der Waals surface area (Å²) < 4.78 is 10.6. The SMILES string of the molecule is COc1ccc(C(=O)NC[C@@H](c2cccs2)[NH+]2CCc3ccccc3C2)cc1OC. The van der Waals surface area contributed by atoms with Crippen LogP contribution in [0.5, 0.6) is 11.5 Å². The predicted molar refractivity (Wildman–Crippen MR) is 119 cm³/mol. The van der Waals surface area contributed by atoms with Crippen molar-refractivity contribution in [2.24, 2.45) is 0 Å². The summed E-state index contributed by atoms with van der Waals surface area (Å²) in [4.78, 5) is 15.6. The van der Waals surface area contributed by atoms with E-state index in [4.69, 9.17) is 9.47 Å². The normalized spacial score (nSPS) is 16.4. The minimum absolute atomic E-state index is 0.102. The van der Waals surface area contributed by atoms with Gasteiger partial charge in [0.15, 0.2) is 11.5 Å². The van der Waals surface area contributed by atoms with Gasteiger partial charge in [0.25, 0.3) is 5.91 Å². The number of amides is 1. The molecular formula is C24H27N2O3S+. The lowest BCUT2D eigenvalue weighted by molar-refractivity contribution is -0.945. The standard InChI is InChI=1S/C24H26N2O3S/c1-28-21-10-9-18(14-22(21)29-2)24(27)25-15-20(23-8-5-13-30-23)26-12-11-17-6-3-4-7-19(17)16-26/h3-10,13-14,20H,11-12,15-16H2,1-2H3,(H,25,27)/p+1/t20-/m0/s1. The van der Waals surface area contributed by atoms with E-state index >= 15 is 0 Å². The molecule has 5 nitrogen and oxygen atoms in total. The van der Waals surface area contributed by atoms with Crippen LogP contribution in [0.3, 0.4) is 0 Å². The Balaban J connectivity index is 1.49. The fourth-order valence-electron chi connectivity index (χ4n) is 4.11. The molecule has 1 amide bonds. The number of carbonyl (C=O) groups excluding carboxylic acids is 1. The molecule has 6 heteroatoms. The molecule has 0 spiro atoms. The van der Waals surface area contributed by atoms with Gasteiger partial charge in [-0.25, -0.2) is 0 Å². The lowest BCUT2D eigenvalue weighted by atomic mass is 9.98. The summed E-state index contributed by atoms with van der Waals surface area (Å²) in [5.41, 5.74) is 3.42. The van der Waals surface area contributed by atoms with Gasteiger partial charge in [-0.15, -0.1) is 11.3 Å². The molecule has 1 aliphatic heterocycles. The summed E-state index contributed by atoms with van der Waals surface area (Å²) in [6.45, 7) is 2.63. The number of methoxy groups -OCH3 is 2. The molecule has 0 saturated carbocycles. The van der Waals surface area contributed by atoms with Crippen LogP contribution in [0.2, 0.25) is 0 Å². The zero-order chi connectivity index (χ0) is 20.9. The zero-order valence-corrected chi connectivity index (χ0v) is 18.1. The third kappa shape index (κ3) is 4.35. The lowest BCUT2D eigenvalue weighted by Gasteiger charge is -2.32. The molecule has 0 aliphatic carbocycles. The van der Waals surface area contributed by atoms with E-state index in [0.29, 0.717) is 23.6 Å². The number of hydrogen-bond donors (Lipinski definition) is 2. The highest BCUT2D eigenvalue weighted by atomic mass is 32.1. The molecule has 0 bridgehead atoms. The molecule has 30 heavy (non-hydrogen) atoms. The Morgan fingerprint density at radius 3 is 2.60 bits per heavy atom. The van der Waals surface area contributed by atoms with Crippen LogP contribution in [-0.4, -0.2) is 33.2 Å². The second kappa shape index (κ2) is 9.32. The first-order valence-electron chi connectivity index (χ1n) is 10.1. The Kier molecular flexibility index (Phi) is 6.35. The zero-order valence-electron chi connectivity index (χ0n) is 17.3. The average Bonchev–Trinajstić information content (AvgIpc) is 3.33. The molecule has 2 atom stereocenters. The van der Waals surface area contributed by atoms with Crippen molar-refractivity contribution < 1.29 is 19.2 Å². The van der Waals surface area contributed by atoms with Crippen LogP contribution in [0.1, 0.15) is 32.4 Å². The number of hydrogen-bond acceptors (Lipinski definition) is 4. The van der Waals surface area contributed by atoms with Crippen LogP contribution < -0.4 is 19.7 Å². The van der Waals surface area contributed by atoms with Crippen molar-refractivity contribution >= 4 is 17.2 Å². The van der Waals surface area contributed by atoms with Gasteiger partial charge in [0.05, 0.1) is 32.2 Å². The summed E-state index contributed by atoms with van der Waals surface area (Å²) in [6.07, 6.45) is 1.07. The molecule has 0 fully saturated rings. The molecule has 1 aliphatic rings. The van der Waals surface area contributed by atoms with E-state index < -0.39 is 0 Å². The van der Waals surface area contributed by atoms with Gasteiger partial charge in [-0.3, -0.25) is 4.79 Å². The molecule has 1 aromatic heterocycles. The first kappa shape index (κ1) is 20.4. The van der Waals surface area contributed by atoms with E-state index in [2.05, 4.69) is 47.1 Å². The highest BCUT2D eigenvalue weighted by Crippen LogP contribution is 2.27. The Bertz CT molecular complexity index is 1000. The second-order valence-electron chi connectivity index (χ2n) is 7.45. The predicted octanol–water partition coefficient (Wildman–Crippen LogP) is 2.88. The van der Waals surface area contributed by atoms with Crippen molar-refractivity contribution in [1.82, 2.24) is 5.32 Å². The van der Waals surface area contributed by atoms with Gasteiger partial charge >= 0.3 is 0 Å². The quantitative estimate of drug-likeness (QED) is 0.615. The van der Waals surface area contributed by atoms with Crippen LogP contribution in [0.25, 0.3) is 0 Å². The first-order chi connectivity index (χ1) is 14.7. The van der Waals surface area contributed by atoms with E-state index in [0.717, 1.165) is 19.5 Å². The number of fused-ring (bicyclic) bond motifs is 1. The fraction of sp³-hybridized carbons (Fsp3) is 0.292. The summed E-state index contributed by atoms with van der Waals surface area (Å²) in [7, 11) is 3.16. The maximum Gasteiger partial charge on any atom is 0.251 e. The van der Waals surface area contributed by atoms with Crippen molar-refractivity contribution in [3.8, 4) is 11.5 Å². The highest BCUT2D eigenvalue weighted by molar-refractivity contribution is 7.10. The molecule has 0 saturated heterocycles. The Labute approximate surface area is 181 Å². The first-order valence-corrected chi connectivity index (χ1v) is 11.0. The molecule has 2 aromatic carbocycles. The van der Waals surface area contributed by atoms with Gasteiger partial charge in [0.2, 0.25) is 0 Å². The Hall–Kier alpha value is -2.83. The van der Waals surface area contributed by atoms with Crippen LogP contribution in [0, 0.1) is 0 Å². The molecule has 4 rings (SSSR count). The number of rotatable bonds is 7. The van der Waals surface area contributed by atoms with Crippen molar-refractivity contribution in [2.75, 3.05) is 27.3 Å². The van der Waals surface area contributed by atoms with E-state index in [9.17, 15) is 4.79 Å². The molecule has 3 aromatic rings. The van der Waals surface area contributed by atoms with Gasteiger partial charge < -0.3 is 19.7 Å². The molecular weight excluding hydrogens is 396 g/mol. The average molecular weight is 424 g/mol. The third-order valence-corrected chi connectivity index (χ3v) is 6.73. The maximum atomic E-state index is 12.9. The maximum absolute atomic E-state index is 12.9. The summed E-state index contributed by atoms with van der Waals surface area (Å²) in [5, 5.41) is 5.25. The summed E-state index contributed by atoms with van der Waals surface area (Å²) in [6, 6.07) is 18.4. The number of quaternary nitrogens is 1. The minimum Gasteiger partial charge on any atom is -0.493 e.